The van der Waals surface area contributed by atoms with Crippen LogP contribution in [-0.2, 0) is 17.9 Å². The van der Waals surface area contributed by atoms with Gasteiger partial charge in [-0.2, -0.15) is 0 Å². The summed E-state index contributed by atoms with van der Waals surface area (Å²) in [6.07, 6.45) is 0. The molecule has 0 aliphatic carbocycles. The zero-order valence-electron chi connectivity index (χ0n) is 12.7. The van der Waals surface area contributed by atoms with E-state index in [0.29, 0.717) is 23.1 Å². The third kappa shape index (κ3) is 5.82. The summed E-state index contributed by atoms with van der Waals surface area (Å²) in [4.78, 5) is 13.8. The van der Waals surface area contributed by atoms with Crippen LogP contribution in [0.3, 0.4) is 0 Å². The molecule has 23 heavy (non-hydrogen) atoms. The monoisotopic (exact) mass is 354 g/mol. The van der Waals surface area contributed by atoms with Gasteiger partial charge in [-0.15, -0.1) is 0 Å². The molecule has 0 heterocycles. The van der Waals surface area contributed by atoms with Gasteiger partial charge in [0.25, 0.3) is 0 Å². The highest BCUT2D eigenvalue weighted by molar-refractivity contribution is 6.35. The molecule has 6 heteroatoms. The molecule has 2 rings (SSSR count). The Bertz CT molecular complexity index is 694. The highest BCUT2D eigenvalue weighted by Crippen LogP contribution is 2.20. The molecule has 0 aromatic heterocycles. The number of rotatable bonds is 6. The number of carbonyl (C=O) groups excluding carboxylic acids is 1. The molecule has 2 aromatic rings. The van der Waals surface area contributed by atoms with Gasteiger partial charge in [-0.25, -0.2) is 4.39 Å². The van der Waals surface area contributed by atoms with Gasteiger partial charge in [0.1, 0.15) is 5.82 Å². The van der Waals surface area contributed by atoms with Crippen molar-refractivity contribution < 1.29 is 9.18 Å². The summed E-state index contributed by atoms with van der Waals surface area (Å²) in [7, 11) is 1.81. The van der Waals surface area contributed by atoms with E-state index in [9.17, 15) is 9.18 Å². The summed E-state index contributed by atoms with van der Waals surface area (Å²) in [5.41, 5.74) is 1.62. The average molecular weight is 355 g/mol. The molecule has 1 N–H and O–H groups in total. The van der Waals surface area contributed by atoms with Crippen LogP contribution in [0.15, 0.2) is 42.5 Å². The molecule has 0 bridgehead atoms. The smallest absolute Gasteiger partial charge is 0.234 e. The molecule has 2 aromatic carbocycles. The fourth-order valence-corrected chi connectivity index (χ4v) is 2.64. The molecule has 0 aliphatic rings. The molecule has 0 fully saturated rings. The normalized spacial score (nSPS) is 10.8. The molecular weight excluding hydrogens is 338 g/mol. The van der Waals surface area contributed by atoms with Crippen LogP contribution in [0.4, 0.5) is 4.39 Å². The van der Waals surface area contributed by atoms with Gasteiger partial charge in [0, 0.05) is 23.1 Å². The van der Waals surface area contributed by atoms with Gasteiger partial charge in [0.15, 0.2) is 0 Å². The van der Waals surface area contributed by atoms with Gasteiger partial charge in [-0.3, -0.25) is 9.69 Å². The maximum atomic E-state index is 13.1. The van der Waals surface area contributed by atoms with Crippen molar-refractivity contribution in [2.24, 2.45) is 0 Å². The topological polar surface area (TPSA) is 32.3 Å². The van der Waals surface area contributed by atoms with Crippen LogP contribution >= 0.6 is 23.2 Å². The lowest BCUT2D eigenvalue weighted by Gasteiger charge is -2.16. The Morgan fingerprint density at radius 1 is 1.22 bits per heavy atom. The molecule has 3 nitrogen and oxygen atoms in total. The van der Waals surface area contributed by atoms with E-state index in [1.165, 1.54) is 12.1 Å². The SMILES string of the molecule is CN(CC(=O)NCc1ccc(Cl)cc1Cl)Cc1cccc(F)c1. The molecular formula is C17H17Cl2FN2O. The number of halogens is 3. The van der Waals surface area contributed by atoms with E-state index in [4.69, 9.17) is 23.2 Å². The first-order valence-electron chi connectivity index (χ1n) is 7.07. The maximum absolute atomic E-state index is 13.1. The van der Waals surface area contributed by atoms with Crippen molar-refractivity contribution >= 4 is 29.1 Å². The van der Waals surface area contributed by atoms with Crippen LogP contribution in [0.5, 0.6) is 0 Å². The van der Waals surface area contributed by atoms with E-state index < -0.39 is 0 Å². The minimum Gasteiger partial charge on any atom is -0.351 e. The maximum Gasteiger partial charge on any atom is 0.234 e. The summed E-state index contributed by atoms with van der Waals surface area (Å²) in [5, 5.41) is 3.88. The van der Waals surface area contributed by atoms with Gasteiger partial charge in [0.05, 0.1) is 6.54 Å². The standard InChI is InChI=1S/C17H17Cl2FN2O/c1-22(10-12-3-2-4-15(20)7-12)11-17(23)21-9-13-5-6-14(18)8-16(13)19/h2-8H,9-11H2,1H3,(H,21,23). The second-order valence-electron chi connectivity index (χ2n) is 5.31. The summed E-state index contributed by atoms with van der Waals surface area (Å²) < 4.78 is 13.1. The number of nitrogens with zero attached hydrogens (tertiary/aromatic N) is 1. The quantitative estimate of drug-likeness (QED) is 0.853. The van der Waals surface area contributed by atoms with Crippen molar-refractivity contribution in [3.63, 3.8) is 0 Å². The average Bonchev–Trinajstić information content (AvgIpc) is 2.46. The summed E-state index contributed by atoms with van der Waals surface area (Å²) in [5.74, 6) is -0.410. The van der Waals surface area contributed by atoms with Crippen LogP contribution in [0.1, 0.15) is 11.1 Å². The number of amides is 1. The first kappa shape index (κ1) is 17.7. The molecule has 1 amide bonds. The van der Waals surface area contributed by atoms with E-state index in [1.54, 1.807) is 31.3 Å². The lowest BCUT2D eigenvalue weighted by atomic mass is 10.2. The third-order valence-electron chi connectivity index (χ3n) is 3.25. The van der Waals surface area contributed by atoms with E-state index in [1.807, 2.05) is 11.0 Å². The van der Waals surface area contributed by atoms with E-state index in [0.717, 1.165) is 11.1 Å². The first-order chi connectivity index (χ1) is 10.9. The zero-order valence-corrected chi connectivity index (χ0v) is 14.2. The minimum atomic E-state index is -0.280. The van der Waals surface area contributed by atoms with Crippen molar-refractivity contribution in [3.05, 3.63) is 69.5 Å². The predicted octanol–water partition coefficient (Wildman–Crippen LogP) is 3.88. The fourth-order valence-electron chi connectivity index (χ4n) is 2.16. The van der Waals surface area contributed by atoms with Crippen LogP contribution in [0.25, 0.3) is 0 Å². The van der Waals surface area contributed by atoms with Crippen molar-refractivity contribution in [1.29, 1.82) is 0 Å². The number of benzene rings is 2. The summed E-state index contributed by atoms with van der Waals surface area (Å²) >= 11 is 11.9. The molecule has 0 atom stereocenters. The Labute approximate surface area is 145 Å². The van der Waals surface area contributed by atoms with Crippen LogP contribution in [0.2, 0.25) is 10.0 Å². The van der Waals surface area contributed by atoms with Crippen LogP contribution in [0, 0.1) is 5.82 Å². The third-order valence-corrected chi connectivity index (χ3v) is 3.83. The molecule has 0 radical (unpaired) electrons. The van der Waals surface area contributed by atoms with Crippen molar-refractivity contribution in [2.75, 3.05) is 13.6 Å². The largest absolute Gasteiger partial charge is 0.351 e. The number of likely N-dealkylation sites (N-methyl/N-ethyl adjacent to an activating group) is 1. The van der Waals surface area contributed by atoms with Crippen molar-refractivity contribution in [2.45, 2.75) is 13.1 Å². The van der Waals surface area contributed by atoms with Gasteiger partial charge in [-0.05, 0) is 42.4 Å². The second-order valence-corrected chi connectivity index (χ2v) is 6.16. The molecule has 0 aliphatic heterocycles. The highest BCUT2D eigenvalue weighted by atomic mass is 35.5. The number of hydrogen-bond donors (Lipinski definition) is 1. The lowest BCUT2D eigenvalue weighted by Crippen LogP contribution is -2.34. The Kier molecular flexibility index (Phi) is 6.39. The van der Waals surface area contributed by atoms with Gasteiger partial charge in [0.2, 0.25) is 5.91 Å². The van der Waals surface area contributed by atoms with E-state index in [-0.39, 0.29) is 18.3 Å². The fraction of sp³-hybridized carbons (Fsp3) is 0.235. The van der Waals surface area contributed by atoms with Crippen molar-refractivity contribution in [3.8, 4) is 0 Å². The molecule has 122 valence electrons. The Morgan fingerprint density at radius 2 is 2.00 bits per heavy atom. The van der Waals surface area contributed by atoms with Gasteiger partial charge < -0.3 is 5.32 Å². The first-order valence-corrected chi connectivity index (χ1v) is 7.83. The van der Waals surface area contributed by atoms with Crippen LogP contribution < -0.4 is 5.32 Å². The van der Waals surface area contributed by atoms with Gasteiger partial charge in [-0.1, -0.05) is 41.4 Å². The Balaban J connectivity index is 1.82. The zero-order chi connectivity index (χ0) is 16.8. The molecule has 0 spiro atoms. The summed E-state index contributed by atoms with van der Waals surface area (Å²) in [6.45, 7) is 1.04. The van der Waals surface area contributed by atoms with E-state index in [2.05, 4.69) is 5.32 Å². The highest BCUT2D eigenvalue weighted by Gasteiger charge is 2.09. The Morgan fingerprint density at radius 3 is 2.70 bits per heavy atom. The Hall–Kier alpha value is -1.62. The minimum absolute atomic E-state index is 0.130. The summed E-state index contributed by atoms with van der Waals surface area (Å²) in [6, 6.07) is 11.5. The molecule has 0 unspecified atom stereocenters. The predicted molar refractivity (Wildman–Crippen MR) is 91.0 cm³/mol. The van der Waals surface area contributed by atoms with Crippen molar-refractivity contribution in [1.82, 2.24) is 10.2 Å². The van der Waals surface area contributed by atoms with Crippen LogP contribution in [-0.4, -0.2) is 24.4 Å². The van der Waals surface area contributed by atoms with E-state index >= 15 is 0 Å². The molecule has 0 saturated carbocycles. The number of carbonyl (C=O) groups is 1. The number of nitrogens with one attached hydrogen (secondary N) is 1. The number of hydrogen-bond acceptors (Lipinski definition) is 2. The lowest BCUT2D eigenvalue weighted by molar-refractivity contribution is -0.122. The molecule has 0 saturated heterocycles. The van der Waals surface area contributed by atoms with Gasteiger partial charge >= 0.3 is 0 Å². The second kappa shape index (κ2) is 8.29.